The van der Waals surface area contributed by atoms with Crippen LogP contribution in [0.5, 0.6) is 0 Å². The highest BCUT2D eigenvalue weighted by Gasteiger charge is 2.27. The molecular weight excluding hydrogens is 258 g/mol. The van der Waals surface area contributed by atoms with Crippen molar-refractivity contribution in [3.05, 3.63) is 23.8 Å². The van der Waals surface area contributed by atoms with Crippen LogP contribution in [0.4, 0.5) is 0 Å². The Kier molecular flexibility index (Phi) is 4.89. The molecular formula is C18H29N3. The summed E-state index contributed by atoms with van der Waals surface area (Å²) in [5.41, 5.74) is 1.35. The third-order valence-corrected chi connectivity index (χ3v) is 5.30. The van der Waals surface area contributed by atoms with Crippen molar-refractivity contribution in [3.8, 4) is 0 Å². The fourth-order valence-corrected chi connectivity index (χ4v) is 3.90. The summed E-state index contributed by atoms with van der Waals surface area (Å²) in [5.74, 6) is 2.07. The fraction of sp³-hybridized carbons (Fsp3) is 0.778. The Bertz CT molecular complexity index is 426. The van der Waals surface area contributed by atoms with E-state index in [2.05, 4.69) is 41.1 Å². The predicted molar refractivity (Wildman–Crippen MR) is 86.5 cm³/mol. The van der Waals surface area contributed by atoms with Crippen molar-refractivity contribution in [2.45, 2.75) is 76.7 Å². The lowest BCUT2D eigenvalue weighted by atomic mass is 9.88. The number of likely N-dealkylation sites (tertiary alicyclic amines) is 1. The van der Waals surface area contributed by atoms with Gasteiger partial charge in [-0.3, -0.25) is 0 Å². The van der Waals surface area contributed by atoms with Crippen LogP contribution in [0.3, 0.4) is 0 Å². The summed E-state index contributed by atoms with van der Waals surface area (Å²) in [7, 11) is 0. The molecule has 0 spiro atoms. The van der Waals surface area contributed by atoms with Gasteiger partial charge in [-0.15, -0.1) is 0 Å². The van der Waals surface area contributed by atoms with Gasteiger partial charge >= 0.3 is 0 Å². The average molecular weight is 287 g/mol. The van der Waals surface area contributed by atoms with E-state index in [1.54, 1.807) is 0 Å². The van der Waals surface area contributed by atoms with Crippen molar-refractivity contribution in [3.63, 3.8) is 0 Å². The molecule has 1 saturated heterocycles. The van der Waals surface area contributed by atoms with Gasteiger partial charge in [0.15, 0.2) is 0 Å². The lowest BCUT2D eigenvalue weighted by molar-refractivity contribution is 0.122. The van der Waals surface area contributed by atoms with E-state index in [-0.39, 0.29) is 0 Å². The largest absolute Gasteiger partial charge is 0.300 e. The van der Waals surface area contributed by atoms with Crippen LogP contribution in [0, 0.1) is 0 Å². The van der Waals surface area contributed by atoms with Gasteiger partial charge in [0.05, 0.1) is 0 Å². The van der Waals surface area contributed by atoms with E-state index >= 15 is 0 Å². The molecule has 1 aliphatic carbocycles. The molecule has 1 saturated carbocycles. The first-order valence-electron chi connectivity index (χ1n) is 8.80. The molecule has 116 valence electrons. The van der Waals surface area contributed by atoms with E-state index in [9.17, 15) is 0 Å². The molecule has 1 aromatic rings. The van der Waals surface area contributed by atoms with Crippen molar-refractivity contribution in [1.29, 1.82) is 0 Å². The minimum atomic E-state index is 0.423. The zero-order valence-electron chi connectivity index (χ0n) is 13.6. The van der Waals surface area contributed by atoms with Gasteiger partial charge in [-0.1, -0.05) is 33.1 Å². The summed E-state index contributed by atoms with van der Waals surface area (Å²) >= 11 is 0. The van der Waals surface area contributed by atoms with Gasteiger partial charge < -0.3 is 4.90 Å². The number of piperidine rings is 1. The Morgan fingerprint density at radius 3 is 2.14 bits per heavy atom. The Labute approximate surface area is 129 Å². The quantitative estimate of drug-likeness (QED) is 0.837. The molecule has 21 heavy (non-hydrogen) atoms. The molecule has 3 rings (SSSR count). The van der Waals surface area contributed by atoms with Crippen LogP contribution in [-0.4, -0.2) is 34.0 Å². The summed E-state index contributed by atoms with van der Waals surface area (Å²) in [4.78, 5) is 11.8. The van der Waals surface area contributed by atoms with E-state index < -0.39 is 0 Å². The Morgan fingerprint density at radius 2 is 1.57 bits per heavy atom. The van der Waals surface area contributed by atoms with Gasteiger partial charge in [0.25, 0.3) is 0 Å². The molecule has 3 nitrogen and oxygen atoms in total. The number of nitrogens with zero attached hydrogens (tertiary/aromatic N) is 3. The van der Waals surface area contributed by atoms with E-state index in [0.717, 1.165) is 11.9 Å². The van der Waals surface area contributed by atoms with E-state index in [1.807, 2.05) is 0 Å². The normalized spacial score (nSPS) is 22.8. The maximum absolute atomic E-state index is 4.54. The second-order valence-corrected chi connectivity index (χ2v) is 7.13. The highest BCUT2D eigenvalue weighted by molar-refractivity contribution is 5.13. The first-order valence-corrected chi connectivity index (χ1v) is 8.80. The molecule has 2 fully saturated rings. The van der Waals surface area contributed by atoms with Gasteiger partial charge in [-0.05, 0) is 50.3 Å². The number of aromatic nitrogens is 2. The lowest BCUT2D eigenvalue weighted by Gasteiger charge is -2.39. The first kappa shape index (κ1) is 15.0. The minimum Gasteiger partial charge on any atom is -0.300 e. The monoisotopic (exact) mass is 287 g/mol. The first-order chi connectivity index (χ1) is 10.2. The van der Waals surface area contributed by atoms with Crippen LogP contribution in [0.15, 0.2) is 12.4 Å². The maximum atomic E-state index is 4.54. The lowest BCUT2D eigenvalue weighted by Crippen LogP contribution is -2.41. The number of rotatable bonds is 3. The van der Waals surface area contributed by atoms with E-state index in [1.165, 1.54) is 63.6 Å². The molecule has 1 aromatic heterocycles. The van der Waals surface area contributed by atoms with Crippen molar-refractivity contribution < 1.29 is 0 Å². The summed E-state index contributed by atoms with van der Waals surface area (Å²) in [6.45, 7) is 6.83. The van der Waals surface area contributed by atoms with Crippen LogP contribution < -0.4 is 0 Å². The zero-order valence-corrected chi connectivity index (χ0v) is 13.6. The van der Waals surface area contributed by atoms with Crippen LogP contribution in [0.2, 0.25) is 0 Å². The highest BCUT2D eigenvalue weighted by atomic mass is 15.2. The van der Waals surface area contributed by atoms with Gasteiger partial charge in [-0.25, -0.2) is 9.97 Å². The molecule has 0 amide bonds. The van der Waals surface area contributed by atoms with Crippen LogP contribution in [0.25, 0.3) is 0 Å². The fourth-order valence-electron chi connectivity index (χ4n) is 3.90. The second kappa shape index (κ2) is 6.87. The molecule has 1 aliphatic heterocycles. The number of hydrogen-bond acceptors (Lipinski definition) is 3. The summed E-state index contributed by atoms with van der Waals surface area (Å²) in [5, 5.41) is 0. The third-order valence-electron chi connectivity index (χ3n) is 5.30. The Balaban J connectivity index is 1.55. The number of hydrogen-bond donors (Lipinski definition) is 0. The van der Waals surface area contributed by atoms with Gasteiger partial charge in [0.2, 0.25) is 0 Å². The van der Waals surface area contributed by atoms with Crippen LogP contribution >= 0.6 is 0 Å². The summed E-state index contributed by atoms with van der Waals surface area (Å²) in [6, 6.07) is 0.874. The van der Waals surface area contributed by atoms with Crippen molar-refractivity contribution in [1.82, 2.24) is 14.9 Å². The maximum Gasteiger partial charge on any atom is 0.130 e. The van der Waals surface area contributed by atoms with Crippen LogP contribution in [0.1, 0.15) is 82.0 Å². The van der Waals surface area contributed by atoms with Crippen molar-refractivity contribution in [2.24, 2.45) is 0 Å². The highest BCUT2D eigenvalue weighted by Crippen LogP contribution is 2.31. The smallest absolute Gasteiger partial charge is 0.130 e. The molecule has 0 aromatic carbocycles. The molecule has 0 N–H and O–H groups in total. The summed E-state index contributed by atoms with van der Waals surface area (Å²) < 4.78 is 0. The predicted octanol–water partition coefficient (Wildman–Crippen LogP) is 4.11. The Morgan fingerprint density at radius 1 is 0.952 bits per heavy atom. The topological polar surface area (TPSA) is 29.0 Å². The third kappa shape index (κ3) is 3.63. The van der Waals surface area contributed by atoms with Gasteiger partial charge in [0.1, 0.15) is 5.82 Å². The second-order valence-electron chi connectivity index (χ2n) is 7.13. The van der Waals surface area contributed by atoms with Gasteiger partial charge in [0, 0.05) is 24.4 Å². The molecule has 0 bridgehead atoms. The zero-order chi connectivity index (χ0) is 14.7. The molecule has 0 radical (unpaired) electrons. The molecule has 3 heteroatoms. The average Bonchev–Trinajstić information content (AvgIpc) is 2.56. The van der Waals surface area contributed by atoms with E-state index in [4.69, 9.17) is 0 Å². The van der Waals surface area contributed by atoms with Crippen molar-refractivity contribution in [2.75, 3.05) is 13.1 Å². The van der Waals surface area contributed by atoms with Crippen molar-refractivity contribution >= 4 is 0 Å². The van der Waals surface area contributed by atoms with E-state index in [0.29, 0.717) is 11.8 Å². The molecule has 0 atom stereocenters. The Hall–Kier alpha value is -0.960. The standard InChI is InChI=1S/C18H29N3/c1-14(2)18-19-12-16(13-20-18)15-8-10-21(11-9-15)17-6-4-3-5-7-17/h12-15,17H,3-11H2,1-2H3. The molecule has 2 aliphatic rings. The van der Waals surface area contributed by atoms with Crippen LogP contribution in [-0.2, 0) is 0 Å². The molecule has 2 heterocycles. The molecule has 0 unspecified atom stereocenters. The summed E-state index contributed by atoms with van der Waals surface area (Å²) in [6.07, 6.45) is 13.9. The SMILES string of the molecule is CC(C)c1ncc(C2CCN(C3CCCCC3)CC2)cn1. The minimum absolute atomic E-state index is 0.423. The van der Waals surface area contributed by atoms with Gasteiger partial charge in [-0.2, -0.15) is 0 Å².